The molecule has 2 fully saturated rings. The van der Waals surface area contributed by atoms with Crippen molar-refractivity contribution in [3.05, 3.63) is 42.2 Å². The van der Waals surface area contributed by atoms with Crippen LogP contribution < -0.4 is 4.90 Å². The summed E-state index contributed by atoms with van der Waals surface area (Å²) in [4.78, 5) is 14.3. The van der Waals surface area contributed by atoms with E-state index in [0.717, 1.165) is 47.5 Å². The molecule has 0 saturated carbocycles. The van der Waals surface area contributed by atoms with E-state index in [-0.39, 0.29) is 6.10 Å². The van der Waals surface area contributed by atoms with Crippen molar-refractivity contribution in [3.8, 4) is 10.4 Å². The van der Waals surface area contributed by atoms with Crippen LogP contribution in [0.4, 0.5) is 5.82 Å². The minimum atomic E-state index is -0.158. The Bertz CT molecular complexity index is 909. The molecule has 4 nitrogen and oxygen atoms in total. The quantitative estimate of drug-likeness (QED) is 0.753. The fourth-order valence-electron chi connectivity index (χ4n) is 4.45. The van der Waals surface area contributed by atoms with Crippen LogP contribution in [0, 0.1) is 6.92 Å². The fraction of sp³-hybridized carbons (Fsp3) is 0.400. The predicted molar refractivity (Wildman–Crippen MR) is 102 cm³/mol. The minimum absolute atomic E-state index is 0.158. The Morgan fingerprint density at radius 3 is 2.52 bits per heavy atom. The van der Waals surface area contributed by atoms with Gasteiger partial charge in [0, 0.05) is 17.0 Å². The summed E-state index contributed by atoms with van der Waals surface area (Å²) in [5, 5.41) is 11.3. The number of aliphatic hydroxyl groups excluding tert-OH is 1. The molecule has 1 N–H and O–H groups in total. The van der Waals surface area contributed by atoms with Gasteiger partial charge >= 0.3 is 0 Å². The summed E-state index contributed by atoms with van der Waals surface area (Å²) in [6.07, 6.45) is 3.87. The van der Waals surface area contributed by atoms with E-state index in [4.69, 9.17) is 9.97 Å². The van der Waals surface area contributed by atoms with E-state index in [2.05, 4.69) is 35.2 Å². The van der Waals surface area contributed by atoms with E-state index in [9.17, 15) is 5.11 Å². The van der Waals surface area contributed by atoms with Gasteiger partial charge in [-0.2, -0.15) is 0 Å². The highest BCUT2D eigenvalue weighted by atomic mass is 32.1. The zero-order chi connectivity index (χ0) is 17.0. The molecule has 1 aromatic carbocycles. The van der Waals surface area contributed by atoms with Crippen molar-refractivity contribution in [1.82, 2.24) is 9.97 Å². The van der Waals surface area contributed by atoms with Crippen LogP contribution in [-0.2, 0) is 0 Å². The van der Waals surface area contributed by atoms with Crippen molar-refractivity contribution >= 4 is 27.4 Å². The summed E-state index contributed by atoms with van der Waals surface area (Å²) in [5.74, 6) is 1.90. The molecule has 128 valence electrons. The zero-order valence-corrected chi connectivity index (χ0v) is 15.0. The molecule has 5 rings (SSSR count). The number of aliphatic hydroxyl groups is 1. The highest BCUT2D eigenvalue weighted by Gasteiger charge is 2.41. The Kier molecular flexibility index (Phi) is 3.54. The van der Waals surface area contributed by atoms with Gasteiger partial charge in [0.2, 0.25) is 0 Å². The van der Waals surface area contributed by atoms with Gasteiger partial charge in [-0.3, -0.25) is 0 Å². The Morgan fingerprint density at radius 1 is 1.08 bits per heavy atom. The van der Waals surface area contributed by atoms with Gasteiger partial charge < -0.3 is 10.0 Å². The van der Waals surface area contributed by atoms with Crippen molar-refractivity contribution in [2.45, 2.75) is 50.8 Å². The van der Waals surface area contributed by atoms with Crippen molar-refractivity contribution in [3.63, 3.8) is 0 Å². The van der Waals surface area contributed by atoms with Gasteiger partial charge in [-0.1, -0.05) is 30.3 Å². The lowest BCUT2D eigenvalue weighted by atomic mass is 9.99. The largest absolute Gasteiger partial charge is 0.393 e. The Morgan fingerprint density at radius 2 is 1.80 bits per heavy atom. The average molecular weight is 351 g/mol. The molecule has 0 amide bonds. The van der Waals surface area contributed by atoms with Crippen LogP contribution in [-0.4, -0.2) is 33.3 Å². The third-order valence-corrected chi connectivity index (χ3v) is 6.57. The third-order valence-electron chi connectivity index (χ3n) is 5.50. The van der Waals surface area contributed by atoms with Gasteiger partial charge in [0.15, 0.2) is 0 Å². The molecule has 25 heavy (non-hydrogen) atoms. The van der Waals surface area contributed by atoms with Crippen LogP contribution in [0.15, 0.2) is 36.4 Å². The van der Waals surface area contributed by atoms with Crippen LogP contribution >= 0.6 is 11.3 Å². The molecule has 2 bridgehead atoms. The number of rotatable bonds is 2. The number of aromatic nitrogens is 2. The molecular weight excluding hydrogens is 330 g/mol. The Hall–Kier alpha value is -1.98. The summed E-state index contributed by atoms with van der Waals surface area (Å²) in [6, 6.07) is 13.5. The number of fused-ring (bicyclic) bond motifs is 3. The molecule has 2 atom stereocenters. The number of hydrogen-bond donors (Lipinski definition) is 1. The average Bonchev–Trinajstić information content (AvgIpc) is 3.14. The van der Waals surface area contributed by atoms with Gasteiger partial charge in [-0.25, -0.2) is 9.97 Å². The lowest BCUT2D eigenvalue weighted by Gasteiger charge is -2.38. The van der Waals surface area contributed by atoms with Crippen molar-refractivity contribution in [1.29, 1.82) is 0 Å². The summed E-state index contributed by atoms with van der Waals surface area (Å²) >= 11 is 1.74. The molecule has 0 aliphatic carbocycles. The molecule has 0 radical (unpaired) electrons. The van der Waals surface area contributed by atoms with E-state index in [0.29, 0.717) is 12.1 Å². The number of nitrogens with zero attached hydrogens (tertiary/aromatic N) is 3. The van der Waals surface area contributed by atoms with Gasteiger partial charge in [0.1, 0.15) is 16.5 Å². The van der Waals surface area contributed by atoms with E-state index in [1.807, 2.05) is 13.0 Å². The summed E-state index contributed by atoms with van der Waals surface area (Å²) in [6.45, 7) is 1.98. The van der Waals surface area contributed by atoms with E-state index in [1.54, 1.807) is 11.3 Å². The molecule has 2 unspecified atom stereocenters. The Balaban J connectivity index is 1.65. The first-order valence-corrected chi connectivity index (χ1v) is 9.80. The maximum Gasteiger partial charge on any atom is 0.141 e. The predicted octanol–water partition coefficient (Wildman–Crippen LogP) is 4.16. The molecule has 2 aliphatic rings. The highest BCUT2D eigenvalue weighted by Crippen LogP contribution is 2.43. The summed E-state index contributed by atoms with van der Waals surface area (Å²) in [7, 11) is 0. The molecule has 3 aromatic rings. The molecule has 4 heterocycles. The lowest BCUT2D eigenvalue weighted by Crippen LogP contribution is -2.45. The second kappa shape index (κ2) is 5.78. The van der Waals surface area contributed by atoms with Crippen LogP contribution in [0.3, 0.4) is 0 Å². The van der Waals surface area contributed by atoms with Gasteiger partial charge in [-0.05, 0) is 44.2 Å². The molecule has 5 heteroatoms. The first-order valence-electron chi connectivity index (χ1n) is 8.99. The van der Waals surface area contributed by atoms with Crippen LogP contribution in [0.1, 0.15) is 31.5 Å². The number of aryl methyl sites for hydroxylation is 1. The fourth-order valence-corrected chi connectivity index (χ4v) is 5.52. The van der Waals surface area contributed by atoms with Crippen molar-refractivity contribution < 1.29 is 5.11 Å². The standard InChI is InChI=1S/C20H21N3OS/c1-12-21-19(23-14-7-8-15(23)10-16(24)9-14)17-11-18(25-20(17)22-12)13-5-3-2-4-6-13/h2-6,11,14-16,24H,7-10H2,1H3. The highest BCUT2D eigenvalue weighted by molar-refractivity contribution is 7.21. The van der Waals surface area contributed by atoms with Crippen LogP contribution in [0.5, 0.6) is 0 Å². The zero-order valence-electron chi connectivity index (χ0n) is 14.2. The second-order valence-corrected chi connectivity index (χ2v) is 8.24. The minimum Gasteiger partial charge on any atom is -0.393 e. The smallest absolute Gasteiger partial charge is 0.141 e. The molecule has 2 aromatic heterocycles. The maximum absolute atomic E-state index is 10.1. The monoisotopic (exact) mass is 351 g/mol. The SMILES string of the molecule is Cc1nc(N2C3CCC2CC(O)C3)c2cc(-c3ccccc3)sc2n1. The van der Waals surface area contributed by atoms with Gasteiger partial charge in [0.25, 0.3) is 0 Å². The van der Waals surface area contributed by atoms with E-state index >= 15 is 0 Å². The van der Waals surface area contributed by atoms with Gasteiger partial charge in [-0.15, -0.1) is 11.3 Å². The number of benzene rings is 1. The van der Waals surface area contributed by atoms with Crippen molar-refractivity contribution in [2.75, 3.05) is 4.90 Å². The lowest BCUT2D eigenvalue weighted by molar-refractivity contribution is 0.126. The van der Waals surface area contributed by atoms with E-state index in [1.165, 1.54) is 10.4 Å². The normalized spacial score (nSPS) is 25.7. The number of anilines is 1. The van der Waals surface area contributed by atoms with Crippen LogP contribution in [0.2, 0.25) is 0 Å². The summed E-state index contributed by atoms with van der Waals surface area (Å²) in [5.41, 5.74) is 1.23. The topological polar surface area (TPSA) is 49.2 Å². The molecule has 2 aliphatic heterocycles. The first kappa shape index (κ1) is 15.3. The molecule has 2 saturated heterocycles. The number of hydrogen-bond acceptors (Lipinski definition) is 5. The number of thiophene rings is 1. The van der Waals surface area contributed by atoms with Crippen molar-refractivity contribution in [2.24, 2.45) is 0 Å². The second-order valence-electron chi connectivity index (χ2n) is 7.21. The third kappa shape index (κ3) is 2.53. The molecular formula is C20H21N3OS. The number of piperidine rings is 1. The molecule has 0 spiro atoms. The Labute approximate surface area is 151 Å². The van der Waals surface area contributed by atoms with Gasteiger partial charge in [0.05, 0.1) is 11.5 Å². The first-order chi connectivity index (χ1) is 12.2. The summed E-state index contributed by atoms with van der Waals surface area (Å²) < 4.78 is 0. The van der Waals surface area contributed by atoms with Crippen LogP contribution in [0.25, 0.3) is 20.7 Å². The van der Waals surface area contributed by atoms with E-state index < -0.39 is 0 Å². The maximum atomic E-state index is 10.1.